The number of hydrogen-bond donors (Lipinski definition) is 1. The van der Waals surface area contributed by atoms with Crippen LogP contribution in [0.4, 0.5) is 0 Å². The van der Waals surface area contributed by atoms with E-state index in [1.807, 2.05) is 48.5 Å². The van der Waals surface area contributed by atoms with Crippen LogP contribution in [-0.4, -0.2) is 37.0 Å². The lowest BCUT2D eigenvalue weighted by Crippen LogP contribution is -2.46. The minimum Gasteiger partial charge on any atom is -0.497 e. The lowest BCUT2D eigenvalue weighted by atomic mass is 9.94. The number of carbonyl (C=O) groups excluding carboxylic acids is 2. The highest BCUT2D eigenvalue weighted by molar-refractivity contribution is 5.96. The van der Waals surface area contributed by atoms with E-state index in [-0.39, 0.29) is 30.2 Å². The van der Waals surface area contributed by atoms with Crippen molar-refractivity contribution < 1.29 is 23.5 Å². The third-order valence-electron chi connectivity index (χ3n) is 6.43. The van der Waals surface area contributed by atoms with Crippen LogP contribution in [0.5, 0.6) is 11.5 Å². The van der Waals surface area contributed by atoms with Crippen molar-refractivity contribution in [3.05, 3.63) is 83.8 Å². The average Bonchev–Trinajstić information content (AvgIpc) is 3.44. The predicted molar refractivity (Wildman–Crippen MR) is 132 cm³/mol. The fraction of sp³-hybridized carbons (Fsp3) is 0.357. The van der Waals surface area contributed by atoms with Gasteiger partial charge in [0.2, 0.25) is 5.91 Å². The van der Waals surface area contributed by atoms with E-state index in [1.54, 1.807) is 31.3 Å². The van der Waals surface area contributed by atoms with Gasteiger partial charge in [0.05, 0.1) is 20.5 Å². The molecule has 1 N–H and O–H groups in total. The second-order valence-corrected chi connectivity index (χ2v) is 8.78. The van der Waals surface area contributed by atoms with Gasteiger partial charge in [-0.3, -0.25) is 9.59 Å². The van der Waals surface area contributed by atoms with Gasteiger partial charge >= 0.3 is 0 Å². The van der Waals surface area contributed by atoms with Gasteiger partial charge < -0.3 is 24.1 Å². The molecule has 1 atom stereocenters. The largest absolute Gasteiger partial charge is 0.497 e. The maximum atomic E-state index is 13.8. The molecule has 1 aromatic heterocycles. The number of methoxy groups -OCH3 is 2. The Morgan fingerprint density at radius 2 is 1.71 bits per heavy atom. The Morgan fingerprint density at radius 1 is 0.971 bits per heavy atom. The van der Waals surface area contributed by atoms with Crippen molar-refractivity contribution >= 4 is 11.8 Å². The lowest BCUT2D eigenvalue weighted by molar-refractivity contribution is -0.127. The van der Waals surface area contributed by atoms with Crippen LogP contribution in [0.25, 0.3) is 0 Å². The SMILES string of the molecule is COc1ccc(CN(C(=O)c2ccco2)[C@H](C(=O)NC2CCCCC2)c2cccc(OC)c2)cc1. The first-order chi connectivity index (χ1) is 17.1. The number of amides is 2. The lowest BCUT2D eigenvalue weighted by Gasteiger charge is -2.33. The molecule has 7 nitrogen and oxygen atoms in total. The van der Waals surface area contributed by atoms with Crippen molar-refractivity contribution in [2.45, 2.75) is 50.7 Å². The number of nitrogens with zero attached hydrogens (tertiary/aromatic N) is 1. The molecular weight excluding hydrogens is 444 g/mol. The monoisotopic (exact) mass is 476 g/mol. The van der Waals surface area contributed by atoms with Gasteiger partial charge in [-0.2, -0.15) is 0 Å². The molecule has 3 aromatic rings. The normalized spacial score (nSPS) is 14.7. The topological polar surface area (TPSA) is 81.0 Å². The van der Waals surface area contributed by atoms with Crippen LogP contribution in [0, 0.1) is 0 Å². The highest BCUT2D eigenvalue weighted by Crippen LogP contribution is 2.30. The minimum atomic E-state index is -0.869. The first kappa shape index (κ1) is 24.4. The molecule has 1 aliphatic carbocycles. The van der Waals surface area contributed by atoms with Crippen LogP contribution >= 0.6 is 0 Å². The summed E-state index contributed by atoms with van der Waals surface area (Å²) in [6.07, 6.45) is 6.72. The van der Waals surface area contributed by atoms with Crippen LogP contribution in [0.15, 0.2) is 71.3 Å². The predicted octanol–water partition coefficient (Wildman–Crippen LogP) is 5.13. The number of rotatable bonds is 9. The van der Waals surface area contributed by atoms with Gasteiger partial charge in [0.25, 0.3) is 5.91 Å². The average molecular weight is 477 g/mol. The summed E-state index contributed by atoms with van der Waals surface area (Å²) < 4.78 is 16.1. The Hall–Kier alpha value is -3.74. The Balaban J connectivity index is 1.73. The molecule has 0 bridgehead atoms. The molecule has 1 fully saturated rings. The number of furan rings is 1. The Kier molecular flexibility index (Phi) is 8.08. The molecule has 2 amide bonds. The number of nitrogens with one attached hydrogen (secondary N) is 1. The summed E-state index contributed by atoms with van der Waals surface area (Å²) in [7, 11) is 3.19. The molecule has 2 aromatic carbocycles. The molecule has 0 radical (unpaired) electrons. The number of ether oxygens (including phenoxy) is 2. The number of hydrogen-bond acceptors (Lipinski definition) is 5. The third-order valence-corrected chi connectivity index (χ3v) is 6.43. The van der Waals surface area contributed by atoms with Crippen molar-refractivity contribution in [3.8, 4) is 11.5 Å². The summed E-state index contributed by atoms with van der Waals surface area (Å²) in [6, 6.07) is 17.3. The van der Waals surface area contributed by atoms with Gasteiger partial charge in [0.1, 0.15) is 17.5 Å². The summed E-state index contributed by atoms with van der Waals surface area (Å²) in [5.41, 5.74) is 1.54. The highest BCUT2D eigenvalue weighted by Gasteiger charge is 2.34. The molecular formula is C28H32N2O5. The molecule has 0 unspecified atom stereocenters. The second-order valence-electron chi connectivity index (χ2n) is 8.78. The molecule has 0 spiro atoms. The Labute approximate surface area is 206 Å². The minimum absolute atomic E-state index is 0.103. The summed E-state index contributed by atoms with van der Waals surface area (Å²) in [5, 5.41) is 3.22. The van der Waals surface area contributed by atoms with Crippen molar-refractivity contribution in [1.29, 1.82) is 0 Å². The molecule has 1 heterocycles. The summed E-state index contributed by atoms with van der Waals surface area (Å²) >= 11 is 0. The smallest absolute Gasteiger partial charge is 0.290 e. The Bertz CT molecular complexity index is 1100. The van der Waals surface area contributed by atoms with Crippen LogP contribution in [-0.2, 0) is 11.3 Å². The Morgan fingerprint density at radius 3 is 2.37 bits per heavy atom. The van der Waals surface area contributed by atoms with Gasteiger partial charge in [0.15, 0.2) is 5.76 Å². The molecule has 4 rings (SSSR count). The second kappa shape index (κ2) is 11.6. The van der Waals surface area contributed by atoms with Gasteiger partial charge in [0, 0.05) is 12.6 Å². The fourth-order valence-electron chi connectivity index (χ4n) is 4.56. The fourth-order valence-corrected chi connectivity index (χ4v) is 4.56. The summed E-state index contributed by atoms with van der Waals surface area (Å²) in [6.45, 7) is 0.212. The first-order valence-electron chi connectivity index (χ1n) is 12.0. The van der Waals surface area contributed by atoms with Gasteiger partial charge in [-0.05, 0) is 60.4 Å². The summed E-state index contributed by atoms with van der Waals surface area (Å²) in [4.78, 5) is 29.1. The zero-order valence-corrected chi connectivity index (χ0v) is 20.2. The van der Waals surface area contributed by atoms with E-state index in [4.69, 9.17) is 13.9 Å². The van der Waals surface area contributed by atoms with E-state index in [0.29, 0.717) is 11.3 Å². The van der Waals surface area contributed by atoms with E-state index < -0.39 is 6.04 Å². The van der Waals surface area contributed by atoms with Gasteiger partial charge in [-0.1, -0.05) is 43.5 Å². The standard InChI is InChI=1S/C28H32N2O5/c1-33-23-15-13-20(14-16-23)19-30(28(32)25-12-7-17-35-25)26(21-8-6-11-24(18-21)34-2)27(31)29-22-9-4-3-5-10-22/h6-8,11-18,22,26H,3-5,9-10,19H2,1-2H3,(H,29,31)/t26-/m0/s1. The third kappa shape index (κ3) is 6.04. The summed E-state index contributed by atoms with van der Waals surface area (Å²) in [5.74, 6) is 0.942. The maximum Gasteiger partial charge on any atom is 0.290 e. The molecule has 0 saturated heterocycles. The van der Waals surface area contributed by atoms with Gasteiger partial charge in [-0.25, -0.2) is 0 Å². The van der Waals surface area contributed by atoms with E-state index in [9.17, 15) is 9.59 Å². The zero-order chi connectivity index (χ0) is 24.6. The first-order valence-corrected chi connectivity index (χ1v) is 12.0. The van der Waals surface area contributed by atoms with Crippen LogP contribution < -0.4 is 14.8 Å². The van der Waals surface area contributed by atoms with Crippen molar-refractivity contribution in [1.82, 2.24) is 10.2 Å². The number of carbonyl (C=O) groups is 2. The van der Waals surface area contributed by atoms with E-state index in [2.05, 4.69) is 5.32 Å². The van der Waals surface area contributed by atoms with Crippen molar-refractivity contribution in [3.63, 3.8) is 0 Å². The molecule has 0 aliphatic heterocycles. The molecule has 35 heavy (non-hydrogen) atoms. The van der Waals surface area contributed by atoms with Gasteiger partial charge in [-0.15, -0.1) is 0 Å². The van der Waals surface area contributed by atoms with Crippen LogP contribution in [0.2, 0.25) is 0 Å². The van der Waals surface area contributed by atoms with E-state index in [0.717, 1.165) is 37.0 Å². The molecule has 1 saturated carbocycles. The molecule has 1 aliphatic rings. The molecule has 7 heteroatoms. The highest BCUT2D eigenvalue weighted by atomic mass is 16.5. The van der Waals surface area contributed by atoms with Crippen LogP contribution in [0.3, 0.4) is 0 Å². The molecule has 184 valence electrons. The van der Waals surface area contributed by atoms with E-state index in [1.165, 1.54) is 12.7 Å². The van der Waals surface area contributed by atoms with Crippen LogP contribution in [0.1, 0.15) is 59.8 Å². The zero-order valence-electron chi connectivity index (χ0n) is 20.2. The maximum absolute atomic E-state index is 13.8. The van der Waals surface area contributed by atoms with Crippen molar-refractivity contribution in [2.75, 3.05) is 14.2 Å². The number of benzene rings is 2. The quantitative estimate of drug-likeness (QED) is 0.463. The van der Waals surface area contributed by atoms with Crippen molar-refractivity contribution in [2.24, 2.45) is 0 Å². The van der Waals surface area contributed by atoms with E-state index >= 15 is 0 Å².